The molecule has 3 N–H and O–H groups in total. The number of carbonyl (C=O) groups excluding carboxylic acids is 1. The summed E-state index contributed by atoms with van der Waals surface area (Å²) < 4.78 is 7.25. The number of aromatic nitrogens is 2. The fourth-order valence-corrected chi connectivity index (χ4v) is 5.42. The van der Waals surface area contributed by atoms with Gasteiger partial charge in [0.25, 0.3) is 5.91 Å². The predicted octanol–water partition coefficient (Wildman–Crippen LogP) is 5.39. The summed E-state index contributed by atoms with van der Waals surface area (Å²) in [5.74, 6) is 0.850. The van der Waals surface area contributed by atoms with E-state index in [1.54, 1.807) is 37.4 Å². The molecule has 4 aromatic rings. The number of hydrogen-bond acceptors (Lipinski definition) is 5. The van der Waals surface area contributed by atoms with Crippen LogP contribution in [0.2, 0.25) is 5.02 Å². The second-order valence-electron chi connectivity index (χ2n) is 9.64. The number of benzene rings is 2. The summed E-state index contributed by atoms with van der Waals surface area (Å²) in [5, 5.41) is 23.3. The van der Waals surface area contributed by atoms with Crippen molar-refractivity contribution in [3.8, 4) is 22.8 Å². The number of methoxy groups -OCH3 is 1. The Bertz CT molecular complexity index is 1430. The summed E-state index contributed by atoms with van der Waals surface area (Å²) in [6.45, 7) is -0.141. The van der Waals surface area contributed by atoms with Crippen molar-refractivity contribution in [3.63, 3.8) is 0 Å². The highest BCUT2D eigenvalue weighted by molar-refractivity contribution is 6.32. The van der Waals surface area contributed by atoms with Crippen molar-refractivity contribution in [2.45, 2.75) is 44.8 Å². The molecule has 0 saturated heterocycles. The van der Waals surface area contributed by atoms with Crippen LogP contribution in [0, 0.1) is 5.92 Å². The van der Waals surface area contributed by atoms with Crippen molar-refractivity contribution in [2.24, 2.45) is 5.92 Å². The van der Waals surface area contributed by atoms with Gasteiger partial charge in [-0.05, 0) is 85.5 Å². The van der Waals surface area contributed by atoms with Gasteiger partial charge in [0.15, 0.2) is 0 Å². The molecule has 2 aromatic carbocycles. The summed E-state index contributed by atoms with van der Waals surface area (Å²) in [6, 6.07) is 14.5. The first-order chi connectivity index (χ1) is 17.9. The van der Waals surface area contributed by atoms with Gasteiger partial charge in [-0.15, -0.1) is 0 Å². The van der Waals surface area contributed by atoms with Gasteiger partial charge in [0.1, 0.15) is 17.1 Å². The number of para-hydroxylation sites is 1. The number of amides is 1. The van der Waals surface area contributed by atoms with Crippen LogP contribution in [0.4, 0.5) is 0 Å². The van der Waals surface area contributed by atoms with Crippen LogP contribution in [0.25, 0.3) is 16.9 Å². The molecule has 1 aliphatic carbocycles. The smallest absolute Gasteiger partial charge is 0.255 e. The number of halogens is 1. The molecule has 192 valence electrons. The Balaban J connectivity index is 1.23. The SMILES string of the molecule is COc1cc(CO)c(-c2cn3ccc(CC4CCC(NC(=O)c5ccccc5O)CC4)cc3n2)cc1Cl. The summed E-state index contributed by atoms with van der Waals surface area (Å²) in [4.78, 5) is 17.3. The van der Waals surface area contributed by atoms with Gasteiger partial charge in [-0.2, -0.15) is 0 Å². The second-order valence-corrected chi connectivity index (χ2v) is 10.0. The lowest BCUT2D eigenvalue weighted by atomic mass is 9.82. The van der Waals surface area contributed by atoms with Gasteiger partial charge < -0.3 is 24.7 Å². The van der Waals surface area contributed by atoms with Gasteiger partial charge in [-0.3, -0.25) is 4.79 Å². The first-order valence-electron chi connectivity index (χ1n) is 12.5. The van der Waals surface area contributed by atoms with E-state index in [2.05, 4.69) is 17.4 Å². The number of aromatic hydroxyl groups is 1. The molecule has 1 amide bonds. The first-order valence-corrected chi connectivity index (χ1v) is 12.9. The summed E-state index contributed by atoms with van der Waals surface area (Å²) in [7, 11) is 1.55. The van der Waals surface area contributed by atoms with Crippen LogP contribution in [-0.2, 0) is 13.0 Å². The van der Waals surface area contributed by atoms with E-state index >= 15 is 0 Å². The van der Waals surface area contributed by atoms with Gasteiger partial charge in [0.05, 0.1) is 30.0 Å². The fraction of sp³-hybridized carbons (Fsp3) is 0.310. The number of nitrogens with one attached hydrogen (secondary N) is 1. The van der Waals surface area contributed by atoms with Gasteiger partial charge in [0, 0.05) is 24.0 Å². The number of phenolic OH excluding ortho intramolecular Hbond substituents is 1. The van der Waals surface area contributed by atoms with Crippen molar-refractivity contribution >= 4 is 23.2 Å². The summed E-state index contributed by atoms with van der Waals surface area (Å²) >= 11 is 6.34. The molecular weight excluding hydrogens is 490 g/mol. The van der Waals surface area contributed by atoms with E-state index in [-0.39, 0.29) is 24.3 Å². The van der Waals surface area contributed by atoms with E-state index in [0.717, 1.165) is 49.0 Å². The van der Waals surface area contributed by atoms with Crippen molar-refractivity contribution in [2.75, 3.05) is 7.11 Å². The molecule has 0 aliphatic heterocycles. The zero-order valence-corrected chi connectivity index (χ0v) is 21.4. The fourth-order valence-electron chi connectivity index (χ4n) is 5.18. The number of aliphatic hydroxyl groups is 1. The number of ether oxygens (including phenoxy) is 1. The standard InChI is InChI=1S/C29H30ClN3O4/c1-37-27-14-20(17-34)23(15-24(27)30)25-16-33-11-10-19(13-28(33)32-25)12-18-6-8-21(9-7-18)31-29(36)22-4-2-3-5-26(22)35/h2-5,10-11,13-16,18,21,34-35H,6-9,12,17H2,1H3,(H,31,36). The van der Waals surface area contributed by atoms with E-state index in [9.17, 15) is 15.0 Å². The predicted molar refractivity (Wildman–Crippen MR) is 143 cm³/mol. The van der Waals surface area contributed by atoms with E-state index in [1.165, 1.54) is 11.6 Å². The number of rotatable bonds is 7. The molecule has 2 aromatic heterocycles. The summed E-state index contributed by atoms with van der Waals surface area (Å²) in [5.41, 5.74) is 4.61. The van der Waals surface area contributed by atoms with Gasteiger partial charge in [-0.1, -0.05) is 23.7 Å². The van der Waals surface area contributed by atoms with Gasteiger partial charge in [0.2, 0.25) is 0 Å². The third-order valence-corrected chi connectivity index (χ3v) is 7.50. The maximum absolute atomic E-state index is 12.5. The van der Waals surface area contributed by atoms with Gasteiger partial charge >= 0.3 is 0 Å². The molecular formula is C29H30ClN3O4. The molecule has 1 saturated carbocycles. The number of hydrogen-bond donors (Lipinski definition) is 3. The largest absolute Gasteiger partial charge is 0.507 e. The zero-order valence-electron chi connectivity index (χ0n) is 20.7. The molecule has 8 heteroatoms. The highest BCUT2D eigenvalue weighted by Gasteiger charge is 2.24. The van der Waals surface area contributed by atoms with E-state index in [0.29, 0.717) is 27.8 Å². The van der Waals surface area contributed by atoms with E-state index in [1.807, 2.05) is 16.8 Å². The first kappa shape index (κ1) is 25.1. The Labute approximate surface area is 220 Å². The van der Waals surface area contributed by atoms with E-state index < -0.39 is 0 Å². The maximum atomic E-state index is 12.5. The zero-order chi connectivity index (χ0) is 25.9. The average Bonchev–Trinajstić information content (AvgIpc) is 3.33. The van der Waals surface area contributed by atoms with E-state index in [4.69, 9.17) is 21.3 Å². The van der Waals surface area contributed by atoms with Crippen LogP contribution < -0.4 is 10.1 Å². The lowest BCUT2D eigenvalue weighted by Gasteiger charge is -2.29. The van der Waals surface area contributed by atoms with Crippen LogP contribution in [0.1, 0.15) is 47.2 Å². The van der Waals surface area contributed by atoms with Crippen molar-refractivity contribution in [3.05, 3.63) is 82.6 Å². The number of fused-ring (bicyclic) bond motifs is 1. The Kier molecular flexibility index (Phi) is 7.35. The third-order valence-electron chi connectivity index (χ3n) is 7.20. The van der Waals surface area contributed by atoms with Crippen LogP contribution in [-0.4, -0.2) is 38.7 Å². The maximum Gasteiger partial charge on any atom is 0.255 e. The minimum absolute atomic E-state index is 0.00824. The molecule has 1 aliphatic rings. The third kappa shape index (κ3) is 5.43. The highest BCUT2D eigenvalue weighted by Crippen LogP contribution is 2.34. The molecule has 0 unspecified atom stereocenters. The normalized spacial score (nSPS) is 17.6. The summed E-state index contributed by atoms with van der Waals surface area (Å²) in [6.07, 6.45) is 8.80. The molecule has 5 rings (SSSR count). The minimum atomic E-state index is -0.218. The topological polar surface area (TPSA) is 96.1 Å². The molecule has 0 bridgehead atoms. The molecule has 0 radical (unpaired) electrons. The molecule has 0 atom stereocenters. The molecule has 0 spiro atoms. The average molecular weight is 520 g/mol. The van der Waals surface area contributed by atoms with Crippen molar-refractivity contribution < 1.29 is 19.7 Å². The highest BCUT2D eigenvalue weighted by atomic mass is 35.5. The second kappa shape index (κ2) is 10.8. The number of imidazole rings is 1. The van der Waals surface area contributed by atoms with Crippen LogP contribution >= 0.6 is 11.6 Å². The number of aliphatic hydroxyl groups excluding tert-OH is 1. The molecule has 7 nitrogen and oxygen atoms in total. The molecule has 2 heterocycles. The van der Waals surface area contributed by atoms with Crippen molar-refractivity contribution in [1.82, 2.24) is 14.7 Å². The Morgan fingerprint density at radius 1 is 1.16 bits per heavy atom. The number of nitrogens with zero attached hydrogens (tertiary/aromatic N) is 2. The Morgan fingerprint density at radius 3 is 2.68 bits per heavy atom. The van der Waals surface area contributed by atoms with Crippen LogP contribution in [0.15, 0.2) is 60.9 Å². The lowest BCUT2D eigenvalue weighted by molar-refractivity contribution is 0.0919. The van der Waals surface area contributed by atoms with Gasteiger partial charge in [-0.25, -0.2) is 4.98 Å². The lowest BCUT2D eigenvalue weighted by Crippen LogP contribution is -2.37. The Hall–Kier alpha value is -3.55. The Morgan fingerprint density at radius 2 is 1.95 bits per heavy atom. The molecule has 37 heavy (non-hydrogen) atoms. The van der Waals surface area contributed by atoms with Crippen LogP contribution in [0.3, 0.4) is 0 Å². The number of carbonyl (C=O) groups is 1. The monoisotopic (exact) mass is 519 g/mol. The minimum Gasteiger partial charge on any atom is -0.507 e. The number of pyridine rings is 1. The van der Waals surface area contributed by atoms with Crippen molar-refractivity contribution in [1.29, 1.82) is 0 Å². The van der Waals surface area contributed by atoms with Crippen LogP contribution in [0.5, 0.6) is 11.5 Å². The number of phenols is 1. The quantitative estimate of drug-likeness (QED) is 0.304. The molecule has 1 fully saturated rings.